The number of imidazole rings is 1. The van der Waals surface area contributed by atoms with Gasteiger partial charge in [0.2, 0.25) is 0 Å². The number of nitrogens with zero attached hydrogens (tertiary/aromatic N) is 5. The molecule has 0 saturated heterocycles. The van der Waals surface area contributed by atoms with Gasteiger partial charge in [0.25, 0.3) is 0 Å². The second-order valence-electron chi connectivity index (χ2n) is 5.90. The maximum atomic E-state index is 13.0. The van der Waals surface area contributed by atoms with Crippen molar-refractivity contribution in [1.29, 1.82) is 0 Å². The summed E-state index contributed by atoms with van der Waals surface area (Å²) >= 11 is 6.48. The molecule has 0 spiro atoms. The van der Waals surface area contributed by atoms with Gasteiger partial charge in [-0.2, -0.15) is 10.2 Å². The second-order valence-corrected chi connectivity index (χ2v) is 6.25. The lowest BCUT2D eigenvalue weighted by Crippen LogP contribution is -2.02. The molecule has 0 amide bonds. The molecule has 0 aliphatic carbocycles. The second kappa shape index (κ2) is 6.72. The standard InChI is InChI=1S/C19H15ClFN5/c1-13-16(10-23-26-12-22-17-4-2-3-5-18(17)26)19(20)25(24-13)11-14-6-8-15(21)9-7-14/h2-10,12H,11H2,1H3/b23-10-. The topological polar surface area (TPSA) is 48.0 Å². The van der Waals surface area contributed by atoms with Crippen LogP contribution in [0, 0.1) is 12.7 Å². The van der Waals surface area contributed by atoms with E-state index in [4.69, 9.17) is 11.6 Å². The molecule has 2 aromatic heterocycles. The minimum atomic E-state index is -0.267. The summed E-state index contributed by atoms with van der Waals surface area (Å²) in [6.45, 7) is 2.34. The number of hydrogen-bond donors (Lipinski definition) is 0. The Labute approximate surface area is 154 Å². The fourth-order valence-electron chi connectivity index (χ4n) is 2.74. The average molecular weight is 368 g/mol. The molecule has 0 fully saturated rings. The summed E-state index contributed by atoms with van der Waals surface area (Å²) in [4.78, 5) is 4.31. The molecule has 0 radical (unpaired) electrons. The molecule has 0 aliphatic rings. The van der Waals surface area contributed by atoms with E-state index in [1.165, 1.54) is 12.1 Å². The lowest BCUT2D eigenvalue weighted by Gasteiger charge is -2.03. The van der Waals surface area contributed by atoms with Crippen molar-refractivity contribution in [2.75, 3.05) is 0 Å². The van der Waals surface area contributed by atoms with Crippen LogP contribution in [-0.4, -0.2) is 25.7 Å². The van der Waals surface area contributed by atoms with E-state index in [0.717, 1.165) is 27.9 Å². The maximum Gasteiger partial charge on any atom is 0.136 e. The zero-order valence-electron chi connectivity index (χ0n) is 14.0. The Morgan fingerprint density at radius 2 is 1.92 bits per heavy atom. The van der Waals surface area contributed by atoms with E-state index in [9.17, 15) is 4.39 Å². The van der Waals surface area contributed by atoms with Crippen molar-refractivity contribution in [2.45, 2.75) is 13.5 Å². The molecule has 2 aromatic carbocycles. The van der Waals surface area contributed by atoms with Crippen LogP contribution in [0.3, 0.4) is 0 Å². The summed E-state index contributed by atoms with van der Waals surface area (Å²) in [5.74, 6) is -0.267. The first-order valence-corrected chi connectivity index (χ1v) is 8.43. The Morgan fingerprint density at radius 1 is 1.15 bits per heavy atom. The van der Waals surface area contributed by atoms with Gasteiger partial charge < -0.3 is 0 Å². The Kier molecular flexibility index (Phi) is 4.26. The third kappa shape index (κ3) is 3.11. The summed E-state index contributed by atoms with van der Waals surface area (Å²) in [6.07, 6.45) is 3.34. The molecule has 7 heteroatoms. The van der Waals surface area contributed by atoms with Crippen molar-refractivity contribution in [1.82, 2.24) is 19.4 Å². The van der Waals surface area contributed by atoms with Crippen molar-refractivity contribution in [3.05, 3.63) is 82.6 Å². The summed E-state index contributed by atoms with van der Waals surface area (Å²) in [5, 5.41) is 9.41. The van der Waals surface area contributed by atoms with Crippen molar-refractivity contribution in [3.63, 3.8) is 0 Å². The summed E-state index contributed by atoms with van der Waals surface area (Å²) in [7, 11) is 0. The minimum Gasteiger partial charge on any atom is -0.249 e. The third-order valence-corrected chi connectivity index (χ3v) is 4.50. The number of aromatic nitrogens is 4. The highest BCUT2D eigenvalue weighted by molar-refractivity contribution is 6.32. The Balaban J connectivity index is 1.63. The van der Waals surface area contributed by atoms with E-state index in [1.807, 2.05) is 31.2 Å². The van der Waals surface area contributed by atoms with Crippen molar-refractivity contribution < 1.29 is 4.39 Å². The SMILES string of the molecule is Cc1nn(Cc2ccc(F)cc2)c(Cl)c1/C=N\n1cnc2ccccc21. The number of rotatable bonds is 4. The van der Waals surface area contributed by atoms with Crippen LogP contribution in [0.1, 0.15) is 16.8 Å². The average Bonchev–Trinajstić information content (AvgIpc) is 3.17. The number of fused-ring (bicyclic) bond motifs is 1. The van der Waals surface area contributed by atoms with Gasteiger partial charge in [-0.25, -0.2) is 18.7 Å². The van der Waals surface area contributed by atoms with Gasteiger partial charge in [0.05, 0.1) is 35.1 Å². The highest BCUT2D eigenvalue weighted by atomic mass is 35.5. The van der Waals surface area contributed by atoms with E-state index in [-0.39, 0.29) is 5.82 Å². The van der Waals surface area contributed by atoms with Crippen LogP contribution in [0.2, 0.25) is 5.15 Å². The molecule has 26 heavy (non-hydrogen) atoms. The smallest absolute Gasteiger partial charge is 0.136 e. The monoisotopic (exact) mass is 367 g/mol. The highest BCUT2D eigenvalue weighted by Gasteiger charge is 2.12. The molecule has 0 bridgehead atoms. The molecule has 4 aromatic rings. The maximum absolute atomic E-state index is 13.0. The van der Waals surface area contributed by atoms with Crippen LogP contribution in [0.5, 0.6) is 0 Å². The van der Waals surface area contributed by atoms with Crippen molar-refractivity contribution in [3.8, 4) is 0 Å². The number of benzene rings is 2. The fraction of sp³-hybridized carbons (Fsp3) is 0.105. The van der Waals surface area contributed by atoms with Gasteiger partial charge in [-0.3, -0.25) is 0 Å². The van der Waals surface area contributed by atoms with Gasteiger partial charge in [0.1, 0.15) is 17.3 Å². The van der Waals surface area contributed by atoms with Crippen LogP contribution in [0.15, 0.2) is 60.0 Å². The highest BCUT2D eigenvalue weighted by Crippen LogP contribution is 2.20. The van der Waals surface area contributed by atoms with Gasteiger partial charge in [0.15, 0.2) is 0 Å². The number of aryl methyl sites for hydroxylation is 1. The van der Waals surface area contributed by atoms with E-state index in [0.29, 0.717) is 11.7 Å². The van der Waals surface area contributed by atoms with E-state index < -0.39 is 0 Å². The fourth-order valence-corrected chi connectivity index (χ4v) is 3.02. The van der Waals surface area contributed by atoms with E-state index in [2.05, 4.69) is 15.2 Å². The van der Waals surface area contributed by atoms with Crippen molar-refractivity contribution in [2.24, 2.45) is 5.10 Å². The first-order valence-electron chi connectivity index (χ1n) is 8.05. The van der Waals surface area contributed by atoms with Crippen LogP contribution in [-0.2, 0) is 6.54 Å². The first kappa shape index (κ1) is 16.5. The van der Waals surface area contributed by atoms with Gasteiger partial charge in [-0.15, -0.1) is 0 Å². The van der Waals surface area contributed by atoms with Crippen LogP contribution in [0.25, 0.3) is 11.0 Å². The number of halogens is 2. The molecule has 0 N–H and O–H groups in total. The molecule has 4 rings (SSSR count). The lowest BCUT2D eigenvalue weighted by molar-refractivity contribution is 0.624. The zero-order valence-corrected chi connectivity index (χ0v) is 14.7. The summed E-state index contributed by atoms with van der Waals surface area (Å²) in [5.41, 5.74) is 4.22. The lowest BCUT2D eigenvalue weighted by atomic mass is 10.2. The summed E-state index contributed by atoms with van der Waals surface area (Å²) < 4.78 is 16.4. The molecule has 0 unspecified atom stereocenters. The minimum absolute atomic E-state index is 0.267. The van der Waals surface area contributed by atoms with Crippen LogP contribution >= 0.6 is 11.6 Å². The Bertz CT molecular complexity index is 1100. The molecule has 0 atom stereocenters. The molecule has 0 saturated carbocycles. The van der Waals surface area contributed by atoms with Crippen molar-refractivity contribution >= 4 is 28.8 Å². The van der Waals surface area contributed by atoms with E-state index >= 15 is 0 Å². The first-order chi connectivity index (χ1) is 12.6. The predicted octanol–water partition coefficient (Wildman–Crippen LogP) is 4.26. The molecule has 5 nitrogen and oxygen atoms in total. The van der Waals surface area contributed by atoms with Gasteiger partial charge in [-0.1, -0.05) is 35.9 Å². The Hall–Kier alpha value is -2.99. The van der Waals surface area contributed by atoms with Crippen LogP contribution in [0.4, 0.5) is 4.39 Å². The predicted molar refractivity (Wildman–Crippen MR) is 100 cm³/mol. The molecular weight excluding hydrogens is 353 g/mol. The normalized spacial score (nSPS) is 11.7. The van der Waals surface area contributed by atoms with Crippen LogP contribution < -0.4 is 0 Å². The van der Waals surface area contributed by atoms with Gasteiger partial charge in [-0.05, 0) is 36.8 Å². The summed E-state index contributed by atoms with van der Waals surface area (Å²) in [6, 6.07) is 14.0. The zero-order chi connectivity index (χ0) is 18.1. The molecular formula is C19H15ClFN5. The molecule has 2 heterocycles. The van der Waals surface area contributed by atoms with E-state index in [1.54, 1.807) is 34.0 Å². The quantitative estimate of drug-likeness (QED) is 0.506. The third-order valence-electron chi connectivity index (χ3n) is 4.10. The number of hydrogen-bond acceptors (Lipinski definition) is 3. The van der Waals surface area contributed by atoms with Gasteiger partial charge in [0, 0.05) is 0 Å². The number of para-hydroxylation sites is 2. The molecule has 130 valence electrons. The largest absolute Gasteiger partial charge is 0.249 e. The Morgan fingerprint density at radius 3 is 2.73 bits per heavy atom. The van der Waals surface area contributed by atoms with Gasteiger partial charge >= 0.3 is 0 Å². The molecule has 0 aliphatic heterocycles.